The lowest BCUT2D eigenvalue weighted by atomic mass is 9.93. The first kappa shape index (κ1) is 20.5. The molecule has 6 nitrogen and oxygen atoms in total. The van der Waals surface area contributed by atoms with E-state index >= 15 is 0 Å². The fourth-order valence-electron chi connectivity index (χ4n) is 4.61. The largest absolute Gasteiger partial charge is 0.349 e. The maximum atomic E-state index is 12.6. The van der Waals surface area contributed by atoms with Crippen molar-refractivity contribution >= 4 is 28.5 Å². The number of anilines is 1. The quantitative estimate of drug-likeness (QED) is 0.488. The van der Waals surface area contributed by atoms with Crippen molar-refractivity contribution in [1.82, 2.24) is 15.3 Å². The summed E-state index contributed by atoms with van der Waals surface area (Å²) in [6.07, 6.45) is 11.4. The molecule has 2 aliphatic rings. The number of aromatic amines is 1. The van der Waals surface area contributed by atoms with Crippen LogP contribution in [0.2, 0.25) is 0 Å². The average Bonchev–Trinajstić information content (AvgIpc) is 3.49. The summed E-state index contributed by atoms with van der Waals surface area (Å²) in [5.41, 5.74) is 4.02. The molecule has 1 fully saturated rings. The molecule has 164 valence electrons. The Morgan fingerprint density at radius 1 is 0.969 bits per heavy atom. The number of aromatic nitrogens is 2. The van der Waals surface area contributed by atoms with Gasteiger partial charge in [0.25, 0.3) is 5.91 Å². The van der Waals surface area contributed by atoms with Crippen LogP contribution in [0, 0.1) is 5.92 Å². The van der Waals surface area contributed by atoms with Crippen LogP contribution < -0.4 is 10.6 Å². The molecule has 1 aromatic heterocycles. The van der Waals surface area contributed by atoms with Crippen LogP contribution in [0.1, 0.15) is 55.3 Å². The number of fused-ring (bicyclic) bond motifs is 1. The maximum Gasteiger partial charge on any atom is 0.251 e. The zero-order valence-electron chi connectivity index (χ0n) is 18.1. The Hall–Kier alpha value is -3.41. The van der Waals surface area contributed by atoms with E-state index in [1.165, 1.54) is 12.8 Å². The van der Waals surface area contributed by atoms with Crippen LogP contribution in [0.3, 0.4) is 0 Å². The van der Waals surface area contributed by atoms with Crippen molar-refractivity contribution in [3.63, 3.8) is 0 Å². The van der Waals surface area contributed by atoms with Crippen LogP contribution in [0.4, 0.5) is 5.69 Å². The number of imidazole rings is 1. The SMILES string of the molecule is O=C(NC1CCCC1)c1ccc2nc(-c3ccc(NC(=O)C4CC=CCC4)cc3)[nH]c2c1. The third-order valence-corrected chi connectivity index (χ3v) is 6.50. The number of H-pyrrole nitrogens is 1. The van der Waals surface area contributed by atoms with Gasteiger partial charge in [0.1, 0.15) is 5.82 Å². The lowest BCUT2D eigenvalue weighted by molar-refractivity contribution is -0.120. The minimum Gasteiger partial charge on any atom is -0.349 e. The highest BCUT2D eigenvalue weighted by Crippen LogP contribution is 2.25. The zero-order valence-corrected chi connectivity index (χ0v) is 18.1. The Labute approximate surface area is 187 Å². The number of allylic oxidation sites excluding steroid dienone is 2. The Bertz CT molecular complexity index is 1160. The minimum absolute atomic E-state index is 0.0245. The zero-order chi connectivity index (χ0) is 21.9. The molecule has 3 aromatic rings. The first-order chi connectivity index (χ1) is 15.7. The standard InChI is InChI=1S/C26H28N4O2/c31-25(18-6-2-1-3-7-18)28-21-13-10-17(11-14-21)24-29-22-15-12-19(16-23(22)30-24)26(32)27-20-8-4-5-9-20/h1-2,10-16,18,20H,3-9H2,(H,27,32)(H,28,31)(H,29,30). The van der Waals surface area contributed by atoms with Gasteiger partial charge in [0, 0.05) is 28.8 Å². The van der Waals surface area contributed by atoms with Crippen LogP contribution in [0.5, 0.6) is 0 Å². The number of hydrogen-bond donors (Lipinski definition) is 3. The highest BCUT2D eigenvalue weighted by molar-refractivity contribution is 5.98. The van der Waals surface area contributed by atoms with Gasteiger partial charge in [-0.1, -0.05) is 25.0 Å². The number of nitrogens with zero attached hydrogens (tertiary/aromatic N) is 1. The van der Waals surface area contributed by atoms with Crippen molar-refractivity contribution in [2.24, 2.45) is 5.92 Å². The first-order valence-electron chi connectivity index (χ1n) is 11.5. The van der Waals surface area contributed by atoms with Gasteiger partial charge in [-0.3, -0.25) is 9.59 Å². The molecule has 1 heterocycles. The summed E-state index contributed by atoms with van der Waals surface area (Å²) >= 11 is 0. The second-order valence-electron chi connectivity index (χ2n) is 8.82. The van der Waals surface area contributed by atoms with Gasteiger partial charge in [-0.05, 0) is 74.6 Å². The van der Waals surface area contributed by atoms with Crippen molar-refractivity contribution < 1.29 is 9.59 Å². The van der Waals surface area contributed by atoms with Crippen LogP contribution in [0.25, 0.3) is 22.4 Å². The Morgan fingerprint density at radius 2 is 1.78 bits per heavy atom. The van der Waals surface area contributed by atoms with Crippen LogP contribution in [-0.4, -0.2) is 27.8 Å². The predicted molar refractivity (Wildman–Crippen MR) is 126 cm³/mol. The maximum absolute atomic E-state index is 12.6. The number of benzene rings is 2. The molecule has 0 saturated heterocycles. The number of carbonyl (C=O) groups excluding carboxylic acids is 2. The normalized spacial score (nSPS) is 18.7. The van der Waals surface area contributed by atoms with Crippen molar-refractivity contribution in [2.45, 2.75) is 51.0 Å². The molecule has 0 aliphatic heterocycles. The van der Waals surface area contributed by atoms with E-state index in [9.17, 15) is 9.59 Å². The first-order valence-corrected chi connectivity index (χ1v) is 11.5. The highest BCUT2D eigenvalue weighted by atomic mass is 16.2. The van der Waals surface area contributed by atoms with E-state index in [1.807, 2.05) is 42.5 Å². The summed E-state index contributed by atoms with van der Waals surface area (Å²) in [5, 5.41) is 6.15. The third kappa shape index (κ3) is 4.44. The fraction of sp³-hybridized carbons (Fsp3) is 0.346. The van der Waals surface area contributed by atoms with Crippen molar-refractivity contribution in [3.8, 4) is 11.4 Å². The van der Waals surface area contributed by atoms with Crippen molar-refractivity contribution in [1.29, 1.82) is 0 Å². The Kier molecular flexibility index (Phi) is 5.75. The van der Waals surface area contributed by atoms with Crippen molar-refractivity contribution in [2.75, 3.05) is 5.32 Å². The second-order valence-corrected chi connectivity index (χ2v) is 8.82. The molecular weight excluding hydrogens is 400 g/mol. The molecular formula is C26H28N4O2. The number of carbonyl (C=O) groups is 2. The smallest absolute Gasteiger partial charge is 0.251 e. The molecule has 32 heavy (non-hydrogen) atoms. The molecule has 6 heteroatoms. The molecule has 2 amide bonds. The van der Waals surface area contributed by atoms with Gasteiger partial charge in [0.15, 0.2) is 0 Å². The van der Waals surface area contributed by atoms with Gasteiger partial charge in [-0.25, -0.2) is 4.98 Å². The molecule has 0 spiro atoms. The van der Waals surface area contributed by atoms with Crippen LogP contribution >= 0.6 is 0 Å². The summed E-state index contributed by atoms with van der Waals surface area (Å²) < 4.78 is 0. The van der Waals surface area contributed by atoms with Crippen LogP contribution in [-0.2, 0) is 4.79 Å². The summed E-state index contributed by atoms with van der Waals surface area (Å²) in [4.78, 5) is 33.0. The number of hydrogen-bond acceptors (Lipinski definition) is 3. The lowest BCUT2D eigenvalue weighted by Gasteiger charge is -2.17. The fourth-order valence-corrected chi connectivity index (χ4v) is 4.61. The van der Waals surface area contributed by atoms with E-state index < -0.39 is 0 Å². The average molecular weight is 429 g/mol. The van der Waals surface area contributed by atoms with Gasteiger partial charge in [0.05, 0.1) is 11.0 Å². The summed E-state index contributed by atoms with van der Waals surface area (Å²) in [5.74, 6) is 0.844. The monoisotopic (exact) mass is 428 g/mol. The molecule has 5 rings (SSSR count). The Morgan fingerprint density at radius 3 is 2.53 bits per heavy atom. The molecule has 1 saturated carbocycles. The van der Waals surface area contributed by atoms with E-state index in [0.29, 0.717) is 11.6 Å². The van der Waals surface area contributed by atoms with Gasteiger partial charge in [-0.2, -0.15) is 0 Å². The van der Waals surface area contributed by atoms with E-state index in [4.69, 9.17) is 0 Å². The summed E-state index contributed by atoms with van der Waals surface area (Å²) in [6, 6.07) is 13.6. The van der Waals surface area contributed by atoms with Gasteiger partial charge in [-0.15, -0.1) is 0 Å². The molecule has 3 N–H and O–H groups in total. The summed E-state index contributed by atoms with van der Waals surface area (Å²) in [6.45, 7) is 0. The molecule has 1 unspecified atom stereocenters. The molecule has 0 bridgehead atoms. The minimum atomic E-state index is -0.0245. The van der Waals surface area contributed by atoms with Gasteiger partial charge < -0.3 is 15.6 Å². The van der Waals surface area contributed by atoms with Gasteiger partial charge >= 0.3 is 0 Å². The lowest BCUT2D eigenvalue weighted by Crippen LogP contribution is -2.32. The van der Waals surface area contributed by atoms with E-state index in [1.54, 1.807) is 0 Å². The Balaban J connectivity index is 1.28. The third-order valence-electron chi connectivity index (χ3n) is 6.50. The highest BCUT2D eigenvalue weighted by Gasteiger charge is 2.20. The molecule has 2 aliphatic carbocycles. The predicted octanol–water partition coefficient (Wildman–Crippen LogP) is 5.20. The van der Waals surface area contributed by atoms with Crippen LogP contribution in [0.15, 0.2) is 54.6 Å². The molecule has 2 aromatic carbocycles. The number of amides is 2. The van der Waals surface area contributed by atoms with E-state index in [-0.39, 0.29) is 17.7 Å². The van der Waals surface area contributed by atoms with E-state index in [2.05, 4.69) is 32.8 Å². The van der Waals surface area contributed by atoms with E-state index in [0.717, 1.165) is 60.2 Å². The van der Waals surface area contributed by atoms with Gasteiger partial charge in [0.2, 0.25) is 5.91 Å². The summed E-state index contributed by atoms with van der Waals surface area (Å²) in [7, 11) is 0. The number of rotatable bonds is 5. The molecule has 1 atom stereocenters. The van der Waals surface area contributed by atoms with Crippen molar-refractivity contribution in [3.05, 3.63) is 60.2 Å². The topological polar surface area (TPSA) is 86.9 Å². The molecule has 0 radical (unpaired) electrons. The second kappa shape index (κ2) is 8.99. The number of nitrogens with one attached hydrogen (secondary N) is 3.